The number of ether oxygens (including phenoxy) is 1. The maximum absolute atomic E-state index is 10.7. The smallest absolute Gasteiger partial charge is 0.191 e. The number of aliphatic imine (C=N–C) groups is 1. The first-order chi connectivity index (χ1) is 14.5. The lowest BCUT2D eigenvalue weighted by atomic mass is 10.0. The van der Waals surface area contributed by atoms with Crippen LogP contribution in [-0.4, -0.2) is 46.6 Å². The van der Waals surface area contributed by atoms with Crippen LogP contribution in [0.4, 0.5) is 0 Å². The summed E-state index contributed by atoms with van der Waals surface area (Å²) in [6.45, 7) is 5.55. The van der Waals surface area contributed by atoms with Gasteiger partial charge in [0.2, 0.25) is 0 Å². The van der Waals surface area contributed by atoms with Gasteiger partial charge in [-0.05, 0) is 63.6 Å². The van der Waals surface area contributed by atoms with E-state index in [1.165, 1.54) is 31.2 Å². The highest BCUT2D eigenvalue weighted by Gasteiger charge is 2.24. The van der Waals surface area contributed by atoms with Crippen molar-refractivity contribution in [2.24, 2.45) is 12.0 Å². The normalized spacial score (nSPS) is 16.5. The number of hydrogen-bond donors (Lipinski definition) is 3. The second kappa shape index (κ2) is 12.3. The lowest BCUT2D eigenvalue weighted by Gasteiger charge is -2.20. The van der Waals surface area contributed by atoms with Crippen LogP contribution in [0.5, 0.6) is 5.75 Å². The minimum atomic E-state index is -1.06. The van der Waals surface area contributed by atoms with Gasteiger partial charge in [-0.25, -0.2) is 4.99 Å². The van der Waals surface area contributed by atoms with E-state index in [1.807, 2.05) is 20.2 Å². The largest absolute Gasteiger partial charge is 0.490 e. The molecule has 0 saturated heterocycles. The molecule has 0 spiro atoms. The van der Waals surface area contributed by atoms with Crippen molar-refractivity contribution in [2.45, 2.75) is 57.7 Å². The summed E-state index contributed by atoms with van der Waals surface area (Å²) in [6, 6.07) is 8.39. The molecule has 0 amide bonds. The summed E-state index contributed by atoms with van der Waals surface area (Å²) in [4.78, 5) is 4.56. The Morgan fingerprint density at radius 3 is 2.58 bits per heavy atom. The minimum Gasteiger partial charge on any atom is -0.490 e. The summed E-state index contributed by atoms with van der Waals surface area (Å²) in [5.41, 5.74) is 0.940. The molecule has 0 radical (unpaired) electrons. The monoisotopic (exact) mass is 541 g/mol. The highest BCUT2D eigenvalue weighted by molar-refractivity contribution is 14.0. The predicted molar refractivity (Wildman–Crippen MR) is 135 cm³/mol. The Kier molecular flexibility index (Phi) is 10.1. The van der Waals surface area contributed by atoms with Gasteiger partial charge in [-0.1, -0.05) is 12.1 Å². The molecular formula is C23H36IN5O2. The molecule has 0 aliphatic heterocycles. The molecule has 1 aliphatic rings. The van der Waals surface area contributed by atoms with Crippen LogP contribution < -0.4 is 15.4 Å². The summed E-state index contributed by atoms with van der Waals surface area (Å²) in [5.74, 6) is 1.66. The zero-order valence-electron chi connectivity index (χ0n) is 18.8. The highest BCUT2D eigenvalue weighted by Crippen LogP contribution is 2.24. The van der Waals surface area contributed by atoms with Crippen LogP contribution in [0.3, 0.4) is 0 Å². The number of rotatable bonds is 9. The summed E-state index contributed by atoms with van der Waals surface area (Å²) in [7, 11) is 1.84. The SMILES string of the molecule is CCNC(=NCC(C)(O)c1cnn(C)c1)NCCc1ccc(OC2CCCC2)cc1.I. The third-order valence-corrected chi connectivity index (χ3v) is 5.45. The maximum Gasteiger partial charge on any atom is 0.191 e. The van der Waals surface area contributed by atoms with Crippen molar-refractivity contribution in [1.29, 1.82) is 0 Å². The Morgan fingerprint density at radius 1 is 1.26 bits per heavy atom. The zero-order chi connectivity index (χ0) is 21.4. The predicted octanol–water partition coefficient (Wildman–Crippen LogP) is 3.36. The molecule has 8 heteroatoms. The third-order valence-electron chi connectivity index (χ3n) is 5.45. The number of halogens is 1. The molecule has 0 bridgehead atoms. The zero-order valence-corrected chi connectivity index (χ0v) is 21.1. The first-order valence-electron chi connectivity index (χ1n) is 11.0. The quantitative estimate of drug-likeness (QED) is 0.258. The summed E-state index contributed by atoms with van der Waals surface area (Å²) < 4.78 is 7.71. The van der Waals surface area contributed by atoms with Gasteiger partial charge in [0, 0.05) is 31.9 Å². The third kappa shape index (κ3) is 7.99. The van der Waals surface area contributed by atoms with E-state index in [0.29, 0.717) is 12.1 Å². The van der Waals surface area contributed by atoms with E-state index in [0.717, 1.165) is 30.8 Å². The van der Waals surface area contributed by atoms with E-state index in [4.69, 9.17) is 4.74 Å². The number of aromatic nitrogens is 2. The van der Waals surface area contributed by atoms with E-state index in [-0.39, 0.29) is 30.5 Å². The molecule has 1 aromatic carbocycles. The number of nitrogens with one attached hydrogen (secondary N) is 2. The number of aryl methyl sites for hydroxylation is 1. The Hall–Kier alpha value is -1.81. The van der Waals surface area contributed by atoms with Crippen LogP contribution in [0.15, 0.2) is 41.7 Å². The van der Waals surface area contributed by atoms with Gasteiger partial charge in [0.25, 0.3) is 0 Å². The summed E-state index contributed by atoms with van der Waals surface area (Å²) in [5, 5.41) is 21.4. The van der Waals surface area contributed by atoms with Crippen molar-refractivity contribution in [3.05, 3.63) is 47.8 Å². The lowest BCUT2D eigenvalue weighted by molar-refractivity contribution is 0.0672. The van der Waals surface area contributed by atoms with Gasteiger partial charge >= 0.3 is 0 Å². The molecule has 2 aromatic rings. The van der Waals surface area contributed by atoms with Gasteiger partial charge in [-0.15, -0.1) is 24.0 Å². The fourth-order valence-corrected chi connectivity index (χ4v) is 3.62. The van der Waals surface area contributed by atoms with Crippen molar-refractivity contribution in [1.82, 2.24) is 20.4 Å². The van der Waals surface area contributed by atoms with Crippen LogP contribution in [0.2, 0.25) is 0 Å². The molecule has 3 N–H and O–H groups in total. The molecule has 1 aromatic heterocycles. The van der Waals surface area contributed by atoms with E-state index >= 15 is 0 Å². The molecule has 1 atom stereocenters. The molecule has 172 valence electrons. The van der Waals surface area contributed by atoms with Gasteiger partial charge < -0.3 is 20.5 Å². The fraction of sp³-hybridized carbons (Fsp3) is 0.565. The van der Waals surface area contributed by atoms with Crippen molar-refractivity contribution in [3.8, 4) is 5.75 Å². The number of aliphatic hydroxyl groups is 1. The van der Waals surface area contributed by atoms with Gasteiger partial charge in [0.05, 0.1) is 18.8 Å². The molecular weight excluding hydrogens is 505 g/mol. The number of guanidine groups is 1. The number of hydrogen-bond acceptors (Lipinski definition) is 4. The molecule has 31 heavy (non-hydrogen) atoms. The molecule has 1 fully saturated rings. The van der Waals surface area contributed by atoms with Crippen molar-refractivity contribution in [3.63, 3.8) is 0 Å². The highest BCUT2D eigenvalue weighted by atomic mass is 127. The van der Waals surface area contributed by atoms with Gasteiger partial charge in [0.1, 0.15) is 11.4 Å². The van der Waals surface area contributed by atoms with E-state index in [9.17, 15) is 5.11 Å². The van der Waals surface area contributed by atoms with E-state index in [1.54, 1.807) is 17.8 Å². The Balaban J connectivity index is 0.00000341. The maximum atomic E-state index is 10.7. The summed E-state index contributed by atoms with van der Waals surface area (Å²) in [6.07, 6.45) is 9.67. The molecule has 1 aliphatic carbocycles. The fourth-order valence-electron chi connectivity index (χ4n) is 3.62. The van der Waals surface area contributed by atoms with Gasteiger partial charge in [-0.2, -0.15) is 5.10 Å². The Bertz CT molecular complexity index is 814. The molecule has 1 saturated carbocycles. The first-order valence-corrected chi connectivity index (χ1v) is 11.0. The Labute approximate surface area is 202 Å². The van der Waals surface area contributed by atoms with Crippen molar-refractivity contribution < 1.29 is 9.84 Å². The molecule has 3 rings (SSSR count). The number of benzene rings is 1. The molecule has 1 unspecified atom stereocenters. The molecule has 1 heterocycles. The van der Waals surface area contributed by atoms with E-state index < -0.39 is 5.60 Å². The van der Waals surface area contributed by atoms with Crippen LogP contribution in [0.1, 0.15) is 50.7 Å². The van der Waals surface area contributed by atoms with Crippen molar-refractivity contribution >= 4 is 29.9 Å². The van der Waals surface area contributed by atoms with Crippen LogP contribution in [0.25, 0.3) is 0 Å². The first kappa shape index (κ1) is 25.5. The standard InChI is InChI=1S/C23H35N5O2.HI/c1-4-24-22(26-17-23(2,29)19-15-27-28(3)16-19)25-14-13-18-9-11-21(12-10-18)30-20-7-5-6-8-20;/h9-12,15-16,20,29H,4-8,13-14,17H2,1-3H3,(H2,24,25,26);1H. The second-order valence-electron chi connectivity index (χ2n) is 8.22. The van der Waals surface area contributed by atoms with Gasteiger partial charge in [0.15, 0.2) is 5.96 Å². The van der Waals surface area contributed by atoms with Crippen molar-refractivity contribution in [2.75, 3.05) is 19.6 Å². The molecule has 7 nitrogen and oxygen atoms in total. The van der Waals surface area contributed by atoms with Crippen LogP contribution in [0, 0.1) is 0 Å². The topological polar surface area (TPSA) is 83.7 Å². The van der Waals surface area contributed by atoms with E-state index in [2.05, 4.69) is 45.0 Å². The number of nitrogens with zero attached hydrogens (tertiary/aromatic N) is 3. The van der Waals surface area contributed by atoms with Crippen LogP contribution in [-0.2, 0) is 19.1 Å². The average molecular weight is 541 g/mol. The summed E-state index contributed by atoms with van der Waals surface area (Å²) >= 11 is 0. The Morgan fingerprint density at radius 2 is 1.97 bits per heavy atom. The second-order valence-corrected chi connectivity index (χ2v) is 8.22. The van der Waals surface area contributed by atoms with Crippen LogP contribution >= 0.6 is 24.0 Å². The van der Waals surface area contributed by atoms with Gasteiger partial charge in [-0.3, -0.25) is 4.68 Å². The minimum absolute atomic E-state index is 0. The average Bonchev–Trinajstić information content (AvgIpc) is 3.39. The lowest BCUT2D eigenvalue weighted by Crippen LogP contribution is -2.39.